The number of hydrogen-bond donors (Lipinski definition) is 7. The SMILES string of the molecule is CC(F)C(=O)NCCCC[C@H](NC(=O)[C@H](Cc1ccccc1)NC(=O)[C@@H](Cc1ccc2ccccc2c1)NC(=O)[C@@H](Cc1ccc2ccccc2c1)NC(=O)C1CCNCC1)C(N)=O. The van der Waals surface area contributed by atoms with E-state index in [1.165, 1.54) is 0 Å². The summed E-state index contributed by atoms with van der Waals surface area (Å²) in [6.45, 7) is 2.69. The summed E-state index contributed by atoms with van der Waals surface area (Å²) >= 11 is 0. The second kappa shape index (κ2) is 23.1. The smallest absolute Gasteiger partial charge is 0.254 e. The lowest BCUT2D eigenvalue weighted by Gasteiger charge is -2.28. The maximum atomic E-state index is 14.7. The van der Waals surface area contributed by atoms with Crippen LogP contribution in [-0.2, 0) is 48.0 Å². The van der Waals surface area contributed by atoms with Gasteiger partial charge in [0.2, 0.25) is 29.5 Å². The van der Waals surface area contributed by atoms with Crippen LogP contribution in [0.5, 0.6) is 0 Å². The van der Waals surface area contributed by atoms with Crippen molar-refractivity contribution < 1.29 is 33.2 Å². The first-order valence-corrected chi connectivity index (χ1v) is 22.1. The van der Waals surface area contributed by atoms with Gasteiger partial charge in [-0.3, -0.25) is 28.8 Å². The molecule has 6 rings (SSSR count). The van der Waals surface area contributed by atoms with Gasteiger partial charge in [0, 0.05) is 31.7 Å². The van der Waals surface area contributed by atoms with Crippen LogP contribution in [0.15, 0.2) is 115 Å². The van der Waals surface area contributed by atoms with Crippen LogP contribution < -0.4 is 37.6 Å². The van der Waals surface area contributed by atoms with Crippen LogP contribution in [0.25, 0.3) is 21.5 Å². The fourth-order valence-corrected chi connectivity index (χ4v) is 7.98. The summed E-state index contributed by atoms with van der Waals surface area (Å²) < 4.78 is 13.3. The Balaban J connectivity index is 1.26. The number of primary amides is 1. The number of alkyl halides is 1. The van der Waals surface area contributed by atoms with Crippen molar-refractivity contribution in [1.82, 2.24) is 31.9 Å². The molecule has 0 aliphatic carbocycles. The second-order valence-corrected chi connectivity index (χ2v) is 16.5. The van der Waals surface area contributed by atoms with Crippen molar-refractivity contribution in [2.24, 2.45) is 11.7 Å². The lowest BCUT2D eigenvalue weighted by atomic mass is 9.95. The van der Waals surface area contributed by atoms with Crippen molar-refractivity contribution in [3.05, 3.63) is 132 Å². The topological polar surface area (TPSA) is 201 Å². The van der Waals surface area contributed by atoms with Crippen LogP contribution in [0.1, 0.15) is 55.7 Å². The molecule has 13 nitrogen and oxygen atoms in total. The molecule has 1 unspecified atom stereocenters. The Morgan fingerprint density at radius 3 is 1.56 bits per heavy atom. The van der Waals surface area contributed by atoms with Crippen molar-refractivity contribution in [3.63, 3.8) is 0 Å². The van der Waals surface area contributed by atoms with E-state index in [0.717, 1.165) is 45.2 Å². The van der Waals surface area contributed by atoms with Crippen LogP contribution >= 0.6 is 0 Å². The molecule has 5 atom stereocenters. The van der Waals surface area contributed by atoms with Gasteiger partial charge in [-0.05, 0) is 90.4 Å². The third-order valence-corrected chi connectivity index (χ3v) is 11.6. The van der Waals surface area contributed by atoms with Gasteiger partial charge < -0.3 is 37.6 Å². The van der Waals surface area contributed by atoms with Crippen LogP contribution in [0, 0.1) is 5.92 Å². The Labute approximate surface area is 372 Å². The van der Waals surface area contributed by atoms with Crippen LogP contribution in [0.4, 0.5) is 4.39 Å². The number of nitrogens with two attached hydrogens (primary N) is 1. The fraction of sp³-hybridized carbons (Fsp3) is 0.360. The number of piperidine rings is 1. The van der Waals surface area contributed by atoms with Crippen LogP contribution in [0.2, 0.25) is 0 Å². The third-order valence-electron chi connectivity index (χ3n) is 11.6. The standard InChI is InChI=1S/C50H58FN7O6/c1-32(51)46(60)54-24-10-9-17-41(45(52)59)55-48(62)42(29-33-11-3-2-4-12-33)57-50(64)44(31-35-19-21-37-14-6-8-16-40(37)28-35)58-49(63)43(56-47(61)38-22-25-53-26-23-38)30-34-18-20-36-13-5-7-15-39(36)27-34/h2-8,11-16,18-21,27-28,32,38,41-44,53H,9-10,17,22-26,29-31H2,1H3,(H2,52,59)(H,54,60)(H,55,62)(H,56,61)(H,57,64)(H,58,63)/t32?,41-,42-,43+,44+/m0/s1. The average Bonchev–Trinajstić information content (AvgIpc) is 3.30. The van der Waals surface area contributed by atoms with E-state index < -0.39 is 59.9 Å². The van der Waals surface area contributed by atoms with E-state index in [-0.39, 0.29) is 44.1 Å². The molecule has 0 spiro atoms. The first kappa shape index (κ1) is 46.8. The number of benzene rings is 5. The molecule has 64 heavy (non-hydrogen) atoms. The lowest BCUT2D eigenvalue weighted by molar-refractivity contribution is -0.135. The average molecular weight is 872 g/mol. The molecule has 1 fully saturated rings. The van der Waals surface area contributed by atoms with Gasteiger partial charge in [0.05, 0.1) is 0 Å². The molecule has 0 aromatic heterocycles. The number of fused-ring (bicyclic) bond motifs is 2. The minimum absolute atomic E-state index is 0.0465. The molecule has 1 aliphatic rings. The molecule has 336 valence electrons. The van der Waals surface area contributed by atoms with E-state index >= 15 is 0 Å². The molecular formula is C50H58FN7O6. The first-order valence-electron chi connectivity index (χ1n) is 22.1. The number of carbonyl (C=O) groups excluding carboxylic acids is 6. The van der Waals surface area contributed by atoms with Gasteiger partial charge in [-0.15, -0.1) is 0 Å². The second-order valence-electron chi connectivity index (χ2n) is 16.5. The number of nitrogens with one attached hydrogen (secondary N) is 6. The Hall–Kier alpha value is -6.67. The largest absolute Gasteiger partial charge is 0.368 e. The normalized spacial score (nSPS) is 15.2. The zero-order valence-corrected chi connectivity index (χ0v) is 36.1. The van der Waals surface area contributed by atoms with Gasteiger partial charge in [0.25, 0.3) is 5.91 Å². The van der Waals surface area contributed by atoms with Gasteiger partial charge in [0.1, 0.15) is 24.2 Å². The van der Waals surface area contributed by atoms with Crippen LogP contribution in [0.3, 0.4) is 0 Å². The number of amides is 6. The molecule has 1 saturated heterocycles. The molecule has 0 bridgehead atoms. The maximum absolute atomic E-state index is 14.7. The molecular weight excluding hydrogens is 814 g/mol. The molecule has 14 heteroatoms. The van der Waals surface area contributed by atoms with E-state index in [1.807, 2.05) is 91.0 Å². The number of carbonyl (C=O) groups is 6. The quantitative estimate of drug-likeness (QED) is 0.0539. The van der Waals surface area contributed by atoms with E-state index in [9.17, 15) is 33.2 Å². The van der Waals surface area contributed by atoms with Gasteiger partial charge in [-0.25, -0.2) is 4.39 Å². The number of unbranched alkanes of at least 4 members (excludes halogenated alkanes) is 1. The molecule has 5 aromatic rings. The van der Waals surface area contributed by atoms with Gasteiger partial charge in [0.15, 0.2) is 6.17 Å². The Bertz CT molecular complexity index is 2410. The van der Waals surface area contributed by atoms with Crippen molar-refractivity contribution in [3.8, 4) is 0 Å². The molecule has 0 saturated carbocycles. The zero-order chi connectivity index (χ0) is 45.4. The molecule has 0 radical (unpaired) electrons. The summed E-state index contributed by atoms with van der Waals surface area (Å²) in [4.78, 5) is 81.3. The Kier molecular flexibility index (Phi) is 16.9. The highest BCUT2D eigenvalue weighted by molar-refractivity contribution is 5.96. The summed E-state index contributed by atoms with van der Waals surface area (Å²) in [6, 6.07) is 31.8. The van der Waals surface area contributed by atoms with Crippen molar-refractivity contribution in [2.75, 3.05) is 19.6 Å². The third kappa shape index (κ3) is 13.7. The highest BCUT2D eigenvalue weighted by Crippen LogP contribution is 2.20. The van der Waals surface area contributed by atoms with Gasteiger partial charge in [-0.2, -0.15) is 0 Å². The predicted octanol–water partition coefficient (Wildman–Crippen LogP) is 4.09. The summed E-state index contributed by atoms with van der Waals surface area (Å²) in [7, 11) is 0. The number of hydrogen-bond acceptors (Lipinski definition) is 7. The maximum Gasteiger partial charge on any atom is 0.254 e. The molecule has 1 heterocycles. The van der Waals surface area contributed by atoms with Crippen LogP contribution in [-0.4, -0.2) is 85.4 Å². The summed E-state index contributed by atoms with van der Waals surface area (Å²) in [5.41, 5.74) is 8.02. The highest BCUT2D eigenvalue weighted by atomic mass is 19.1. The van der Waals surface area contributed by atoms with Crippen molar-refractivity contribution >= 4 is 57.0 Å². The van der Waals surface area contributed by atoms with E-state index in [2.05, 4.69) is 31.9 Å². The van der Waals surface area contributed by atoms with Crippen molar-refractivity contribution in [1.29, 1.82) is 0 Å². The first-order chi connectivity index (χ1) is 30.9. The van der Waals surface area contributed by atoms with Crippen molar-refractivity contribution in [2.45, 2.75) is 88.6 Å². The van der Waals surface area contributed by atoms with Gasteiger partial charge >= 0.3 is 0 Å². The zero-order valence-electron chi connectivity index (χ0n) is 36.1. The molecule has 5 aromatic carbocycles. The molecule has 6 amide bonds. The summed E-state index contributed by atoms with van der Waals surface area (Å²) in [6.07, 6.45) is 0.766. The Morgan fingerprint density at radius 1 is 0.578 bits per heavy atom. The van der Waals surface area contributed by atoms with E-state index in [1.54, 1.807) is 24.3 Å². The predicted molar refractivity (Wildman–Crippen MR) is 245 cm³/mol. The monoisotopic (exact) mass is 871 g/mol. The Morgan fingerprint density at radius 2 is 1.05 bits per heavy atom. The summed E-state index contributed by atoms with van der Waals surface area (Å²) in [5, 5.41) is 21.3. The molecule has 8 N–H and O–H groups in total. The van der Waals surface area contributed by atoms with E-state index in [4.69, 9.17) is 5.73 Å². The number of halogens is 1. The summed E-state index contributed by atoms with van der Waals surface area (Å²) in [5.74, 6) is -3.92. The highest BCUT2D eigenvalue weighted by Gasteiger charge is 2.33. The van der Waals surface area contributed by atoms with E-state index in [0.29, 0.717) is 38.8 Å². The fourth-order valence-electron chi connectivity index (χ4n) is 7.98. The lowest BCUT2D eigenvalue weighted by Crippen LogP contribution is -2.59. The minimum Gasteiger partial charge on any atom is -0.368 e. The molecule has 1 aliphatic heterocycles. The van der Waals surface area contributed by atoms with Gasteiger partial charge in [-0.1, -0.05) is 115 Å². The minimum atomic E-state index is -1.66. The number of rotatable bonds is 21.